The highest BCUT2D eigenvalue weighted by molar-refractivity contribution is 6.20. The summed E-state index contributed by atoms with van der Waals surface area (Å²) < 4.78 is 0.875. The van der Waals surface area contributed by atoms with Gasteiger partial charge < -0.3 is 0 Å². The van der Waals surface area contributed by atoms with Crippen LogP contribution in [-0.4, -0.2) is 17.5 Å². The van der Waals surface area contributed by atoms with Crippen LogP contribution in [0.15, 0.2) is 0 Å². The van der Waals surface area contributed by atoms with Gasteiger partial charge in [-0.3, -0.25) is 4.79 Å². The normalized spacial score (nSPS) is 8.43. The predicted octanol–water partition coefficient (Wildman–Crippen LogP) is 0.123. The van der Waals surface area contributed by atoms with Crippen molar-refractivity contribution in [1.29, 1.82) is 0 Å². The van der Waals surface area contributed by atoms with Crippen LogP contribution in [0.1, 0.15) is 6.92 Å². The zero-order valence-corrected chi connectivity index (χ0v) is 4.99. The first-order chi connectivity index (χ1) is 3.18. The van der Waals surface area contributed by atoms with Gasteiger partial charge in [0.1, 0.15) is 0 Å². The molecule has 0 heterocycles. The van der Waals surface area contributed by atoms with Crippen LogP contribution in [0.2, 0.25) is 0 Å². The van der Waals surface area contributed by atoms with Gasteiger partial charge in [-0.05, 0) is 0 Å². The lowest BCUT2D eigenvalue weighted by atomic mass is 10.8. The molecule has 42 valence electrons. The second-order valence-corrected chi connectivity index (χ2v) is 1.36. The van der Waals surface area contributed by atoms with Crippen LogP contribution >= 0.6 is 11.8 Å². The van der Waals surface area contributed by atoms with Crippen molar-refractivity contribution in [1.82, 2.24) is 9.95 Å². The van der Waals surface area contributed by atoms with Crippen LogP contribution in [-0.2, 0) is 4.79 Å². The largest absolute Gasteiger partial charge is 0.272 e. The Balaban J connectivity index is 3.34. The average Bonchev–Trinajstić information content (AvgIpc) is 1.65. The molecular formula is C3H7ClN2O. The summed E-state index contributed by atoms with van der Waals surface area (Å²) in [5.41, 5.74) is 2.41. The fourth-order valence-corrected chi connectivity index (χ4v) is 0.157. The number of hydrazine groups is 1. The Bertz CT molecular complexity index is 75.3. The summed E-state index contributed by atoms with van der Waals surface area (Å²) in [4.78, 5) is 10.1. The summed E-state index contributed by atoms with van der Waals surface area (Å²) in [6.07, 6.45) is 0. The van der Waals surface area contributed by atoms with E-state index in [2.05, 4.69) is 5.43 Å². The van der Waals surface area contributed by atoms with E-state index in [0.29, 0.717) is 0 Å². The molecular weight excluding hydrogens is 115 g/mol. The number of halogens is 1. The van der Waals surface area contributed by atoms with Crippen LogP contribution in [0.25, 0.3) is 0 Å². The zero-order valence-electron chi connectivity index (χ0n) is 4.23. The molecule has 0 aromatic heterocycles. The molecule has 1 N–H and O–H groups in total. The van der Waals surface area contributed by atoms with Gasteiger partial charge in [0.15, 0.2) is 0 Å². The number of hydrogen-bond acceptors (Lipinski definition) is 2. The van der Waals surface area contributed by atoms with E-state index in [1.165, 1.54) is 6.92 Å². The SMILES string of the molecule is CNN(Cl)C(C)=O. The first kappa shape index (κ1) is 6.72. The molecule has 4 heteroatoms. The van der Waals surface area contributed by atoms with Crippen LogP contribution in [0.3, 0.4) is 0 Å². The van der Waals surface area contributed by atoms with Crippen LogP contribution in [0, 0.1) is 0 Å². The Hall–Kier alpha value is -0.280. The van der Waals surface area contributed by atoms with Gasteiger partial charge in [0.2, 0.25) is 5.91 Å². The third-order valence-electron chi connectivity index (χ3n) is 0.473. The van der Waals surface area contributed by atoms with E-state index in [9.17, 15) is 4.79 Å². The standard InChI is InChI=1S/C3H7ClN2O/c1-3(7)6(4)5-2/h5H,1-2H3. The number of rotatable bonds is 1. The Kier molecular flexibility index (Phi) is 2.71. The van der Waals surface area contributed by atoms with Crippen molar-refractivity contribution in [3.8, 4) is 0 Å². The predicted molar refractivity (Wildman–Crippen MR) is 27.4 cm³/mol. The molecule has 0 saturated carbocycles. The second kappa shape index (κ2) is 2.82. The third-order valence-corrected chi connectivity index (χ3v) is 0.880. The molecule has 1 amide bonds. The molecule has 0 fully saturated rings. The molecule has 0 radical (unpaired) electrons. The summed E-state index contributed by atoms with van der Waals surface area (Å²) in [5.74, 6) is -0.218. The van der Waals surface area contributed by atoms with Gasteiger partial charge >= 0.3 is 0 Å². The van der Waals surface area contributed by atoms with Gasteiger partial charge in [0.05, 0.1) is 0 Å². The van der Waals surface area contributed by atoms with E-state index >= 15 is 0 Å². The quantitative estimate of drug-likeness (QED) is 0.396. The molecule has 0 aliphatic rings. The number of nitrogens with zero attached hydrogens (tertiary/aromatic N) is 1. The third kappa shape index (κ3) is 2.42. The topological polar surface area (TPSA) is 32.3 Å². The van der Waals surface area contributed by atoms with E-state index < -0.39 is 0 Å². The molecule has 0 aliphatic heterocycles. The van der Waals surface area contributed by atoms with Crippen molar-refractivity contribution in [2.75, 3.05) is 7.05 Å². The highest BCUT2D eigenvalue weighted by Crippen LogP contribution is 1.84. The fraction of sp³-hybridized carbons (Fsp3) is 0.667. The van der Waals surface area contributed by atoms with Gasteiger partial charge in [-0.15, -0.1) is 0 Å². The van der Waals surface area contributed by atoms with Crippen molar-refractivity contribution in [2.24, 2.45) is 0 Å². The van der Waals surface area contributed by atoms with E-state index in [4.69, 9.17) is 11.8 Å². The summed E-state index contributed by atoms with van der Waals surface area (Å²) in [6, 6.07) is 0. The molecule has 0 rings (SSSR count). The highest BCUT2D eigenvalue weighted by atomic mass is 35.5. The van der Waals surface area contributed by atoms with E-state index in [1.807, 2.05) is 0 Å². The van der Waals surface area contributed by atoms with Gasteiger partial charge in [-0.25, -0.2) is 5.43 Å². The molecule has 0 unspecified atom stereocenters. The van der Waals surface area contributed by atoms with Crippen LogP contribution in [0.4, 0.5) is 0 Å². The average molecular weight is 123 g/mol. The molecule has 0 atom stereocenters. The lowest BCUT2D eigenvalue weighted by molar-refractivity contribution is -0.126. The van der Waals surface area contributed by atoms with Gasteiger partial charge in [-0.2, -0.15) is 4.53 Å². The molecule has 0 saturated heterocycles. The maximum absolute atomic E-state index is 10.1. The molecule has 0 aromatic carbocycles. The molecule has 0 aliphatic carbocycles. The lowest BCUT2D eigenvalue weighted by Crippen LogP contribution is -2.29. The van der Waals surface area contributed by atoms with Gasteiger partial charge in [0.25, 0.3) is 0 Å². The zero-order chi connectivity index (χ0) is 5.86. The molecule has 0 aromatic rings. The second-order valence-electron chi connectivity index (χ2n) is 1.02. The van der Waals surface area contributed by atoms with Crippen molar-refractivity contribution in [3.05, 3.63) is 0 Å². The summed E-state index contributed by atoms with van der Waals surface area (Å²) in [5, 5.41) is 0. The minimum absolute atomic E-state index is 0.218. The van der Waals surface area contributed by atoms with Crippen LogP contribution < -0.4 is 5.43 Å². The van der Waals surface area contributed by atoms with E-state index in [-0.39, 0.29) is 5.91 Å². The van der Waals surface area contributed by atoms with E-state index in [0.717, 1.165) is 4.53 Å². The van der Waals surface area contributed by atoms with Gasteiger partial charge in [-0.1, -0.05) is 0 Å². The minimum atomic E-state index is -0.218. The fourth-order valence-electron chi connectivity index (χ4n) is 0.157. The van der Waals surface area contributed by atoms with Gasteiger partial charge in [0, 0.05) is 25.7 Å². The summed E-state index contributed by atoms with van der Waals surface area (Å²) in [7, 11) is 1.56. The first-order valence-electron chi connectivity index (χ1n) is 1.82. The number of amides is 1. The molecule has 7 heavy (non-hydrogen) atoms. The monoisotopic (exact) mass is 122 g/mol. The number of hydrogen-bond donors (Lipinski definition) is 1. The maximum atomic E-state index is 10.1. The lowest BCUT2D eigenvalue weighted by Gasteiger charge is -2.05. The first-order valence-corrected chi connectivity index (χ1v) is 2.16. The number of carbonyl (C=O) groups is 1. The summed E-state index contributed by atoms with van der Waals surface area (Å²) in [6.45, 7) is 1.36. The number of nitrogens with one attached hydrogen (secondary N) is 1. The molecule has 3 nitrogen and oxygen atoms in total. The molecule has 0 bridgehead atoms. The Labute approximate surface area is 47.3 Å². The maximum Gasteiger partial charge on any atom is 0.248 e. The van der Waals surface area contributed by atoms with E-state index in [1.54, 1.807) is 7.05 Å². The van der Waals surface area contributed by atoms with Crippen molar-refractivity contribution >= 4 is 17.7 Å². The number of carbonyl (C=O) groups excluding carboxylic acids is 1. The Morgan fingerprint density at radius 1 is 1.86 bits per heavy atom. The van der Waals surface area contributed by atoms with Crippen LogP contribution in [0.5, 0.6) is 0 Å². The van der Waals surface area contributed by atoms with Crippen molar-refractivity contribution in [3.63, 3.8) is 0 Å². The minimum Gasteiger partial charge on any atom is -0.272 e. The highest BCUT2D eigenvalue weighted by Gasteiger charge is 1.96. The smallest absolute Gasteiger partial charge is 0.248 e. The Morgan fingerprint density at radius 2 is 2.29 bits per heavy atom. The Morgan fingerprint density at radius 3 is 2.29 bits per heavy atom. The summed E-state index contributed by atoms with van der Waals surface area (Å²) >= 11 is 5.17. The van der Waals surface area contributed by atoms with Crippen molar-refractivity contribution in [2.45, 2.75) is 6.92 Å². The van der Waals surface area contributed by atoms with Crippen molar-refractivity contribution < 1.29 is 4.79 Å². The molecule has 0 spiro atoms.